The molecule has 154 valence electrons. The minimum atomic E-state index is -2.92. The van der Waals surface area contributed by atoms with Gasteiger partial charge in [0.1, 0.15) is 5.75 Å². The zero-order chi connectivity index (χ0) is 20.8. The first-order valence-corrected chi connectivity index (χ1v) is 9.34. The fraction of sp³-hybridized carbons (Fsp3) is 0.300. The second-order valence-corrected chi connectivity index (χ2v) is 6.35. The van der Waals surface area contributed by atoms with Crippen LogP contribution < -0.4 is 20.8 Å². The Morgan fingerprint density at radius 3 is 2.55 bits per heavy atom. The van der Waals surface area contributed by atoms with E-state index in [1.54, 1.807) is 18.2 Å². The van der Waals surface area contributed by atoms with E-state index < -0.39 is 12.6 Å². The number of halogens is 2. The highest BCUT2D eigenvalue weighted by atomic mass is 19.3. The highest BCUT2D eigenvalue weighted by molar-refractivity contribution is 6.05. The Morgan fingerprint density at radius 1 is 1.17 bits per heavy atom. The number of hydrazine groups is 1. The number of alkyl halides is 2. The van der Waals surface area contributed by atoms with Crippen molar-refractivity contribution in [3.05, 3.63) is 54.1 Å². The van der Waals surface area contributed by atoms with Gasteiger partial charge in [-0.3, -0.25) is 0 Å². The molecule has 0 saturated carbocycles. The van der Waals surface area contributed by atoms with Gasteiger partial charge in [-0.2, -0.15) is 13.9 Å². The van der Waals surface area contributed by atoms with Crippen LogP contribution in [0.4, 0.5) is 25.0 Å². The first-order chi connectivity index (χ1) is 14.0. The van der Waals surface area contributed by atoms with Gasteiger partial charge in [0.25, 0.3) is 0 Å². The average Bonchev–Trinajstić information content (AvgIpc) is 3.12. The van der Waals surface area contributed by atoms with Gasteiger partial charge < -0.3 is 15.4 Å². The molecule has 1 aliphatic rings. The van der Waals surface area contributed by atoms with Crippen LogP contribution in [0.3, 0.4) is 0 Å². The molecule has 1 unspecified atom stereocenters. The van der Waals surface area contributed by atoms with Crippen molar-refractivity contribution in [2.24, 2.45) is 5.10 Å². The summed E-state index contributed by atoms with van der Waals surface area (Å²) in [7, 11) is 0. The quantitative estimate of drug-likeness (QED) is 0.646. The monoisotopic (exact) mass is 403 g/mol. The molecule has 0 bridgehead atoms. The average molecular weight is 403 g/mol. The van der Waals surface area contributed by atoms with Crippen molar-refractivity contribution in [1.82, 2.24) is 10.5 Å². The molecule has 9 heteroatoms. The van der Waals surface area contributed by atoms with Crippen molar-refractivity contribution in [1.29, 1.82) is 0 Å². The number of carbonyl (C=O) groups excluding carboxylic acids is 1. The normalized spacial score (nSPS) is 16.0. The van der Waals surface area contributed by atoms with E-state index in [2.05, 4.69) is 32.8 Å². The van der Waals surface area contributed by atoms with Crippen LogP contribution in [-0.2, 0) is 0 Å². The summed E-state index contributed by atoms with van der Waals surface area (Å²) in [5.41, 5.74) is 6.19. The van der Waals surface area contributed by atoms with E-state index in [4.69, 9.17) is 0 Å². The largest absolute Gasteiger partial charge is 0.435 e. The summed E-state index contributed by atoms with van der Waals surface area (Å²) in [5.74, 6) is -0.0281. The van der Waals surface area contributed by atoms with Gasteiger partial charge in [0, 0.05) is 17.4 Å². The van der Waals surface area contributed by atoms with Gasteiger partial charge in [-0.1, -0.05) is 25.1 Å². The van der Waals surface area contributed by atoms with E-state index in [0.29, 0.717) is 11.4 Å². The highest BCUT2D eigenvalue weighted by Crippen LogP contribution is 2.20. The molecule has 0 spiro atoms. The molecule has 0 saturated heterocycles. The topological polar surface area (TPSA) is 78.0 Å². The number of hydrogen-bond donors (Lipinski definition) is 3. The predicted molar refractivity (Wildman–Crippen MR) is 108 cm³/mol. The number of anilines is 2. The maximum absolute atomic E-state index is 12.3. The SMILES string of the molecule is CCC1NN(CC)N=C1c1ccc(NC(=O)Nc2cccc(OC(F)F)c2)cc1. The summed E-state index contributed by atoms with van der Waals surface area (Å²) in [6, 6.07) is 12.8. The van der Waals surface area contributed by atoms with E-state index in [1.807, 2.05) is 24.2 Å². The second-order valence-electron chi connectivity index (χ2n) is 6.35. The van der Waals surface area contributed by atoms with E-state index in [9.17, 15) is 13.6 Å². The van der Waals surface area contributed by atoms with Gasteiger partial charge >= 0.3 is 12.6 Å². The van der Waals surface area contributed by atoms with Crippen LogP contribution >= 0.6 is 0 Å². The summed E-state index contributed by atoms with van der Waals surface area (Å²) in [6.07, 6.45) is 0.909. The number of hydrogen-bond acceptors (Lipinski definition) is 5. The van der Waals surface area contributed by atoms with Crippen LogP contribution in [0.25, 0.3) is 0 Å². The van der Waals surface area contributed by atoms with Gasteiger partial charge in [0.2, 0.25) is 0 Å². The molecule has 0 aromatic heterocycles. The van der Waals surface area contributed by atoms with Gasteiger partial charge in [0.15, 0.2) is 0 Å². The zero-order valence-electron chi connectivity index (χ0n) is 16.2. The lowest BCUT2D eigenvalue weighted by Gasteiger charge is -2.14. The summed E-state index contributed by atoms with van der Waals surface area (Å²) in [6.45, 7) is 1.96. The highest BCUT2D eigenvalue weighted by Gasteiger charge is 2.24. The zero-order valence-corrected chi connectivity index (χ0v) is 16.2. The standard InChI is InChI=1S/C20H23F2N5O2/c1-3-17-18(26-27(4-2)25-17)13-8-10-14(11-9-13)23-20(28)24-15-6-5-7-16(12-15)29-19(21)22/h5-12,17,19,25H,3-4H2,1-2H3,(H2,23,24,28). The number of ether oxygens (including phenoxy) is 1. The molecule has 1 aliphatic heterocycles. The molecule has 3 N–H and O–H groups in total. The van der Waals surface area contributed by atoms with E-state index in [-0.39, 0.29) is 11.8 Å². The van der Waals surface area contributed by atoms with Crippen molar-refractivity contribution in [2.75, 3.05) is 17.2 Å². The molecule has 2 aromatic carbocycles. The molecule has 2 amide bonds. The molecule has 3 rings (SSSR count). The maximum atomic E-state index is 12.3. The summed E-state index contributed by atoms with van der Waals surface area (Å²) < 4.78 is 28.9. The second kappa shape index (κ2) is 9.33. The minimum absolute atomic E-state index is 0.0281. The first kappa shape index (κ1) is 20.5. The lowest BCUT2D eigenvalue weighted by Crippen LogP contribution is -2.37. The van der Waals surface area contributed by atoms with Crippen LogP contribution in [0.1, 0.15) is 25.8 Å². The molecule has 29 heavy (non-hydrogen) atoms. The van der Waals surface area contributed by atoms with Crippen molar-refractivity contribution in [2.45, 2.75) is 32.9 Å². The fourth-order valence-corrected chi connectivity index (χ4v) is 2.94. The van der Waals surface area contributed by atoms with Gasteiger partial charge in [-0.05, 0) is 43.2 Å². The number of urea groups is 1. The summed E-state index contributed by atoms with van der Waals surface area (Å²) in [4.78, 5) is 12.2. The molecule has 0 radical (unpaired) electrons. The smallest absolute Gasteiger partial charge is 0.387 e. The Labute approximate surface area is 167 Å². The lowest BCUT2D eigenvalue weighted by molar-refractivity contribution is -0.0497. The molecule has 7 nitrogen and oxygen atoms in total. The molecule has 2 aromatic rings. The Bertz CT molecular complexity index is 873. The van der Waals surface area contributed by atoms with Gasteiger partial charge in [0.05, 0.1) is 18.3 Å². The number of nitrogens with one attached hydrogen (secondary N) is 3. The molecular formula is C20H23F2N5O2. The maximum Gasteiger partial charge on any atom is 0.387 e. The van der Waals surface area contributed by atoms with Crippen molar-refractivity contribution >= 4 is 23.1 Å². The Kier molecular flexibility index (Phi) is 6.61. The molecule has 0 fully saturated rings. The van der Waals surface area contributed by atoms with E-state index in [0.717, 1.165) is 24.2 Å². The minimum Gasteiger partial charge on any atom is -0.435 e. The number of benzene rings is 2. The third kappa shape index (κ3) is 5.41. The predicted octanol–water partition coefficient (Wildman–Crippen LogP) is 4.25. The number of amides is 2. The molecule has 1 atom stereocenters. The third-order valence-corrected chi connectivity index (χ3v) is 4.33. The molecule has 1 heterocycles. The molecular weight excluding hydrogens is 380 g/mol. The van der Waals surface area contributed by atoms with Crippen molar-refractivity contribution < 1.29 is 18.3 Å². The molecule has 0 aliphatic carbocycles. The third-order valence-electron chi connectivity index (χ3n) is 4.33. The first-order valence-electron chi connectivity index (χ1n) is 9.34. The Balaban J connectivity index is 1.62. The summed E-state index contributed by atoms with van der Waals surface area (Å²) in [5, 5.41) is 11.7. The number of carbonyl (C=O) groups is 1. The van der Waals surface area contributed by atoms with Crippen LogP contribution in [-0.4, -0.2) is 36.1 Å². The van der Waals surface area contributed by atoms with Crippen LogP contribution in [0.5, 0.6) is 5.75 Å². The van der Waals surface area contributed by atoms with Crippen LogP contribution in [0, 0.1) is 0 Å². The van der Waals surface area contributed by atoms with Gasteiger partial charge in [-0.15, -0.1) is 0 Å². The number of nitrogens with zero attached hydrogens (tertiary/aromatic N) is 2. The fourth-order valence-electron chi connectivity index (χ4n) is 2.94. The summed E-state index contributed by atoms with van der Waals surface area (Å²) >= 11 is 0. The van der Waals surface area contributed by atoms with Crippen LogP contribution in [0.2, 0.25) is 0 Å². The van der Waals surface area contributed by atoms with E-state index in [1.165, 1.54) is 18.2 Å². The van der Waals surface area contributed by atoms with Crippen LogP contribution in [0.15, 0.2) is 53.6 Å². The Hall–Kier alpha value is -3.20. The van der Waals surface area contributed by atoms with Gasteiger partial charge in [-0.25, -0.2) is 15.3 Å². The van der Waals surface area contributed by atoms with E-state index >= 15 is 0 Å². The van der Waals surface area contributed by atoms with Crippen molar-refractivity contribution in [3.63, 3.8) is 0 Å². The number of hydrazone groups is 1. The number of rotatable bonds is 7. The Morgan fingerprint density at radius 2 is 1.90 bits per heavy atom. The van der Waals surface area contributed by atoms with Crippen molar-refractivity contribution in [3.8, 4) is 5.75 Å². The lowest BCUT2D eigenvalue weighted by atomic mass is 10.0.